The van der Waals surface area contributed by atoms with Crippen LogP contribution in [0.25, 0.3) is 0 Å². The van der Waals surface area contributed by atoms with Gasteiger partial charge in [-0.05, 0) is 44.2 Å². The second-order valence-corrected chi connectivity index (χ2v) is 5.10. The molecule has 1 aromatic heterocycles. The molecule has 1 heterocycles. The van der Waals surface area contributed by atoms with Gasteiger partial charge in [-0.25, -0.2) is 0 Å². The van der Waals surface area contributed by atoms with Gasteiger partial charge in [0.1, 0.15) is 0 Å². The third kappa shape index (κ3) is 4.84. The van der Waals surface area contributed by atoms with E-state index in [1.807, 2.05) is 0 Å². The Kier molecular flexibility index (Phi) is 5.61. The summed E-state index contributed by atoms with van der Waals surface area (Å²) in [6.07, 6.45) is 6.95. The molecule has 1 aromatic rings. The van der Waals surface area contributed by atoms with Gasteiger partial charge < -0.3 is 9.88 Å². The summed E-state index contributed by atoms with van der Waals surface area (Å²) in [6, 6.07) is 2.82. The fourth-order valence-electron chi connectivity index (χ4n) is 1.77. The summed E-state index contributed by atoms with van der Waals surface area (Å²) in [4.78, 5) is 0. The molecule has 0 amide bonds. The Hall–Kier alpha value is -0.760. The highest BCUT2D eigenvalue weighted by molar-refractivity contribution is 5.09. The van der Waals surface area contributed by atoms with Crippen LogP contribution in [0.1, 0.15) is 46.1 Å². The van der Waals surface area contributed by atoms with E-state index in [2.05, 4.69) is 56.0 Å². The van der Waals surface area contributed by atoms with Crippen molar-refractivity contribution in [2.45, 2.75) is 59.7 Å². The van der Waals surface area contributed by atoms with Crippen molar-refractivity contribution in [3.63, 3.8) is 0 Å². The number of hydrogen-bond acceptors (Lipinski definition) is 1. The Balaban J connectivity index is 2.23. The monoisotopic (exact) mass is 222 g/mol. The summed E-state index contributed by atoms with van der Waals surface area (Å²) in [5.74, 6) is 0.811. The van der Waals surface area contributed by atoms with E-state index in [9.17, 15) is 0 Å². The molecule has 16 heavy (non-hydrogen) atoms. The van der Waals surface area contributed by atoms with Crippen molar-refractivity contribution in [3.8, 4) is 0 Å². The van der Waals surface area contributed by atoms with Crippen molar-refractivity contribution in [2.75, 3.05) is 0 Å². The molecule has 1 N–H and O–H groups in total. The number of aryl methyl sites for hydroxylation is 1. The molecule has 0 spiro atoms. The van der Waals surface area contributed by atoms with Crippen LogP contribution in [-0.4, -0.2) is 10.6 Å². The number of hydrogen-bond donors (Lipinski definition) is 1. The van der Waals surface area contributed by atoms with Crippen LogP contribution in [-0.2, 0) is 13.1 Å². The van der Waals surface area contributed by atoms with Crippen molar-refractivity contribution in [3.05, 3.63) is 24.0 Å². The van der Waals surface area contributed by atoms with Crippen molar-refractivity contribution in [1.29, 1.82) is 0 Å². The molecule has 0 aromatic carbocycles. The third-order valence-corrected chi connectivity index (χ3v) is 3.01. The van der Waals surface area contributed by atoms with Gasteiger partial charge in [-0.1, -0.05) is 13.8 Å². The first-order valence-electron chi connectivity index (χ1n) is 6.49. The summed E-state index contributed by atoms with van der Waals surface area (Å²) in [5.41, 5.74) is 1.39. The zero-order chi connectivity index (χ0) is 12.0. The molecular weight excluding hydrogens is 196 g/mol. The average Bonchev–Trinajstić information content (AvgIpc) is 2.71. The lowest BCUT2D eigenvalue weighted by Crippen LogP contribution is -2.25. The van der Waals surface area contributed by atoms with Crippen molar-refractivity contribution in [2.24, 2.45) is 5.92 Å². The van der Waals surface area contributed by atoms with Gasteiger partial charge in [0, 0.05) is 31.5 Å². The van der Waals surface area contributed by atoms with Gasteiger partial charge in [0.15, 0.2) is 0 Å². The molecule has 0 fully saturated rings. The van der Waals surface area contributed by atoms with E-state index in [-0.39, 0.29) is 0 Å². The maximum atomic E-state index is 3.58. The van der Waals surface area contributed by atoms with Crippen LogP contribution in [0.2, 0.25) is 0 Å². The molecule has 0 aliphatic carbocycles. The van der Waals surface area contributed by atoms with E-state index in [1.165, 1.54) is 18.4 Å². The molecule has 1 rings (SSSR count). The maximum Gasteiger partial charge on any atom is 0.0223 e. The topological polar surface area (TPSA) is 17.0 Å². The largest absolute Gasteiger partial charge is 0.354 e. The Labute approximate surface area is 100 Å². The Morgan fingerprint density at radius 2 is 2.00 bits per heavy atom. The molecule has 0 saturated carbocycles. The summed E-state index contributed by atoms with van der Waals surface area (Å²) in [6.45, 7) is 11.1. The highest BCUT2D eigenvalue weighted by atomic mass is 14.9. The standard InChI is InChI=1S/C14H26N2/c1-5-16-9-8-14(11-16)10-15-13(4)7-6-12(2)3/h8-9,11-13,15H,5-7,10H2,1-4H3. The average molecular weight is 222 g/mol. The van der Waals surface area contributed by atoms with Crippen LogP contribution in [0.15, 0.2) is 18.5 Å². The first-order valence-corrected chi connectivity index (χ1v) is 6.49. The van der Waals surface area contributed by atoms with Gasteiger partial charge in [-0.2, -0.15) is 0 Å². The molecule has 0 bridgehead atoms. The lowest BCUT2D eigenvalue weighted by Gasteiger charge is -2.14. The second-order valence-electron chi connectivity index (χ2n) is 5.10. The zero-order valence-corrected chi connectivity index (χ0v) is 11.2. The van der Waals surface area contributed by atoms with E-state index >= 15 is 0 Å². The fourth-order valence-corrected chi connectivity index (χ4v) is 1.77. The van der Waals surface area contributed by atoms with Gasteiger partial charge in [-0.15, -0.1) is 0 Å². The number of nitrogens with one attached hydrogen (secondary N) is 1. The van der Waals surface area contributed by atoms with Crippen molar-refractivity contribution >= 4 is 0 Å². The molecular formula is C14H26N2. The third-order valence-electron chi connectivity index (χ3n) is 3.01. The maximum absolute atomic E-state index is 3.58. The zero-order valence-electron chi connectivity index (χ0n) is 11.2. The van der Waals surface area contributed by atoms with Crippen molar-refractivity contribution in [1.82, 2.24) is 9.88 Å². The highest BCUT2D eigenvalue weighted by Gasteiger charge is 2.03. The van der Waals surface area contributed by atoms with E-state index in [1.54, 1.807) is 0 Å². The molecule has 2 nitrogen and oxygen atoms in total. The van der Waals surface area contributed by atoms with Crippen LogP contribution in [0, 0.1) is 5.92 Å². The normalized spacial score (nSPS) is 13.3. The first kappa shape index (κ1) is 13.3. The minimum Gasteiger partial charge on any atom is -0.354 e. The van der Waals surface area contributed by atoms with Crippen molar-refractivity contribution < 1.29 is 0 Å². The Morgan fingerprint density at radius 3 is 2.56 bits per heavy atom. The number of rotatable bonds is 7. The lowest BCUT2D eigenvalue weighted by molar-refractivity contribution is 0.450. The van der Waals surface area contributed by atoms with Gasteiger partial charge in [0.25, 0.3) is 0 Å². The van der Waals surface area contributed by atoms with Crippen LogP contribution < -0.4 is 5.32 Å². The highest BCUT2D eigenvalue weighted by Crippen LogP contribution is 2.07. The lowest BCUT2D eigenvalue weighted by atomic mass is 10.0. The van der Waals surface area contributed by atoms with Crippen LogP contribution in [0.3, 0.4) is 0 Å². The molecule has 92 valence electrons. The predicted molar refractivity (Wildman–Crippen MR) is 70.5 cm³/mol. The van der Waals surface area contributed by atoms with E-state index in [0.29, 0.717) is 6.04 Å². The Bertz CT molecular complexity index is 289. The predicted octanol–water partition coefficient (Wildman–Crippen LogP) is 3.42. The SMILES string of the molecule is CCn1ccc(CNC(C)CCC(C)C)c1. The van der Waals surface area contributed by atoms with Crippen LogP contribution in [0.4, 0.5) is 0 Å². The number of aromatic nitrogens is 1. The Morgan fingerprint density at radius 1 is 1.25 bits per heavy atom. The summed E-state index contributed by atoms with van der Waals surface area (Å²) in [5, 5.41) is 3.58. The molecule has 0 radical (unpaired) electrons. The van der Waals surface area contributed by atoms with Gasteiger partial charge in [0.05, 0.1) is 0 Å². The molecule has 0 saturated heterocycles. The minimum absolute atomic E-state index is 0.618. The van der Waals surface area contributed by atoms with Gasteiger partial charge >= 0.3 is 0 Å². The quantitative estimate of drug-likeness (QED) is 0.748. The van der Waals surface area contributed by atoms with E-state index in [4.69, 9.17) is 0 Å². The molecule has 0 aliphatic rings. The van der Waals surface area contributed by atoms with Gasteiger partial charge in [-0.3, -0.25) is 0 Å². The first-order chi connectivity index (χ1) is 7.61. The van der Waals surface area contributed by atoms with Gasteiger partial charge in [0.2, 0.25) is 0 Å². The second kappa shape index (κ2) is 6.74. The molecule has 1 atom stereocenters. The molecule has 0 aliphatic heterocycles. The summed E-state index contributed by atoms with van der Waals surface area (Å²) in [7, 11) is 0. The minimum atomic E-state index is 0.618. The number of nitrogens with zero attached hydrogens (tertiary/aromatic N) is 1. The van der Waals surface area contributed by atoms with E-state index < -0.39 is 0 Å². The summed E-state index contributed by atoms with van der Waals surface area (Å²) >= 11 is 0. The van der Waals surface area contributed by atoms with Crippen LogP contribution >= 0.6 is 0 Å². The van der Waals surface area contributed by atoms with Crippen LogP contribution in [0.5, 0.6) is 0 Å². The molecule has 2 heteroatoms. The fraction of sp³-hybridized carbons (Fsp3) is 0.714. The summed E-state index contributed by atoms with van der Waals surface area (Å²) < 4.78 is 2.22. The smallest absolute Gasteiger partial charge is 0.0223 e. The van der Waals surface area contributed by atoms with E-state index in [0.717, 1.165) is 19.0 Å². The molecule has 1 unspecified atom stereocenters.